The minimum Gasteiger partial charge on any atom is -0.492 e. The van der Waals surface area contributed by atoms with Gasteiger partial charge in [0, 0.05) is 18.2 Å². The summed E-state index contributed by atoms with van der Waals surface area (Å²) < 4.78 is 5.88. The second kappa shape index (κ2) is 8.03. The molecule has 0 heterocycles. The summed E-state index contributed by atoms with van der Waals surface area (Å²) in [5.41, 5.74) is 1.17. The fourth-order valence-electron chi connectivity index (χ4n) is 1.88. The lowest BCUT2D eigenvalue weighted by atomic mass is 10.2. The molecule has 2 rings (SSSR count). The van der Waals surface area contributed by atoms with Gasteiger partial charge in [0.05, 0.1) is 11.6 Å². The highest BCUT2D eigenvalue weighted by atomic mass is 35.5. The lowest BCUT2D eigenvalue weighted by Crippen LogP contribution is -2.16. The number of nitrogens with one attached hydrogen (secondary N) is 1. The van der Waals surface area contributed by atoms with Gasteiger partial charge in [0.25, 0.3) is 0 Å². The van der Waals surface area contributed by atoms with Crippen LogP contribution in [0.4, 0.5) is 0 Å². The van der Waals surface area contributed by atoms with Crippen LogP contribution in [0.5, 0.6) is 5.75 Å². The highest BCUT2D eigenvalue weighted by Gasteiger charge is 2.21. The minimum atomic E-state index is 0.702. The Morgan fingerprint density at radius 1 is 1.42 bits per heavy atom. The van der Waals surface area contributed by atoms with E-state index in [2.05, 4.69) is 18.3 Å². The number of ether oxygens (including phenoxy) is 1. The fourth-order valence-corrected chi connectivity index (χ4v) is 2.73. The van der Waals surface area contributed by atoms with Crippen LogP contribution in [-0.2, 0) is 6.54 Å². The Bertz CT molecular complexity index is 396. The molecule has 0 bridgehead atoms. The monoisotopic (exact) mass is 299 g/mol. The Morgan fingerprint density at radius 2 is 2.26 bits per heavy atom. The zero-order valence-corrected chi connectivity index (χ0v) is 13.0. The van der Waals surface area contributed by atoms with E-state index in [1.165, 1.54) is 24.2 Å². The summed E-state index contributed by atoms with van der Waals surface area (Å²) in [7, 11) is 0. The molecular formula is C15H22ClNOS. The lowest BCUT2D eigenvalue weighted by molar-refractivity contribution is 0.314. The zero-order chi connectivity index (χ0) is 13.5. The average molecular weight is 300 g/mol. The Morgan fingerprint density at radius 3 is 3.00 bits per heavy atom. The van der Waals surface area contributed by atoms with Crippen LogP contribution in [0.25, 0.3) is 0 Å². The molecule has 0 amide bonds. The predicted octanol–water partition coefficient (Wildman–Crippen LogP) is 4.11. The van der Waals surface area contributed by atoms with Crippen molar-refractivity contribution in [3.63, 3.8) is 0 Å². The lowest BCUT2D eigenvalue weighted by Gasteiger charge is -2.13. The minimum absolute atomic E-state index is 0.702. The maximum atomic E-state index is 6.24. The van der Waals surface area contributed by atoms with E-state index >= 15 is 0 Å². The third kappa shape index (κ3) is 5.25. The number of para-hydroxylation sites is 1. The number of thioether (sulfide) groups is 1. The first-order valence-electron chi connectivity index (χ1n) is 7.02. The number of hydrogen-bond acceptors (Lipinski definition) is 3. The van der Waals surface area contributed by atoms with Crippen LogP contribution < -0.4 is 10.1 Å². The molecule has 1 aromatic carbocycles. The summed E-state index contributed by atoms with van der Waals surface area (Å²) in [6.07, 6.45) is 3.66. The van der Waals surface area contributed by atoms with Crippen LogP contribution >= 0.6 is 23.4 Å². The molecule has 2 nitrogen and oxygen atoms in total. The smallest absolute Gasteiger partial charge is 0.142 e. The summed E-state index contributed by atoms with van der Waals surface area (Å²) >= 11 is 8.19. The van der Waals surface area contributed by atoms with Crippen molar-refractivity contribution in [1.29, 1.82) is 0 Å². The SMILES string of the molecule is CCSCCCOc1c(Cl)cccc1CNC1CC1. The largest absolute Gasteiger partial charge is 0.492 e. The Balaban J connectivity index is 1.84. The van der Waals surface area contributed by atoms with Gasteiger partial charge in [-0.3, -0.25) is 0 Å². The summed E-state index contributed by atoms with van der Waals surface area (Å²) in [6, 6.07) is 6.69. The normalized spacial score (nSPS) is 14.6. The topological polar surface area (TPSA) is 21.3 Å². The first-order chi connectivity index (χ1) is 9.31. The summed E-state index contributed by atoms with van der Waals surface area (Å²) in [6.45, 7) is 3.78. The molecule has 1 aromatic rings. The van der Waals surface area contributed by atoms with Gasteiger partial charge in [-0.15, -0.1) is 0 Å². The van der Waals surface area contributed by atoms with Gasteiger partial charge in [-0.05, 0) is 36.8 Å². The molecule has 0 aromatic heterocycles. The van der Waals surface area contributed by atoms with E-state index in [0.29, 0.717) is 6.04 Å². The van der Waals surface area contributed by atoms with E-state index in [4.69, 9.17) is 16.3 Å². The highest BCUT2D eigenvalue weighted by Crippen LogP contribution is 2.30. The molecule has 0 radical (unpaired) electrons. The van der Waals surface area contributed by atoms with Gasteiger partial charge in [0.15, 0.2) is 0 Å². The van der Waals surface area contributed by atoms with E-state index in [9.17, 15) is 0 Å². The maximum Gasteiger partial charge on any atom is 0.142 e. The molecule has 0 atom stereocenters. The molecule has 1 saturated carbocycles. The van der Waals surface area contributed by atoms with E-state index in [0.717, 1.165) is 36.1 Å². The van der Waals surface area contributed by atoms with E-state index in [1.807, 2.05) is 23.9 Å². The molecule has 106 valence electrons. The first-order valence-corrected chi connectivity index (χ1v) is 8.56. The van der Waals surface area contributed by atoms with Gasteiger partial charge >= 0.3 is 0 Å². The van der Waals surface area contributed by atoms with Gasteiger partial charge < -0.3 is 10.1 Å². The van der Waals surface area contributed by atoms with Gasteiger partial charge in [0.2, 0.25) is 0 Å². The van der Waals surface area contributed by atoms with Gasteiger partial charge in [-0.1, -0.05) is 30.7 Å². The van der Waals surface area contributed by atoms with Crippen molar-refractivity contribution < 1.29 is 4.74 Å². The molecule has 0 saturated heterocycles. The fraction of sp³-hybridized carbons (Fsp3) is 0.600. The standard InChI is InChI=1S/C15H22ClNOS/c1-2-19-10-4-9-18-15-12(5-3-6-14(15)16)11-17-13-7-8-13/h3,5-6,13,17H,2,4,7-11H2,1H3. The second-order valence-electron chi connectivity index (χ2n) is 4.78. The molecule has 0 aliphatic heterocycles. The van der Waals surface area contributed by atoms with Crippen molar-refractivity contribution in [3.05, 3.63) is 28.8 Å². The molecule has 0 spiro atoms. The Labute approximate surface area is 125 Å². The van der Waals surface area contributed by atoms with Gasteiger partial charge in [-0.25, -0.2) is 0 Å². The quantitative estimate of drug-likeness (QED) is 0.693. The maximum absolute atomic E-state index is 6.24. The van der Waals surface area contributed by atoms with Gasteiger partial charge in [0.1, 0.15) is 5.75 Å². The van der Waals surface area contributed by atoms with Crippen molar-refractivity contribution in [2.75, 3.05) is 18.1 Å². The van der Waals surface area contributed by atoms with Crippen LogP contribution in [-0.4, -0.2) is 24.2 Å². The highest BCUT2D eigenvalue weighted by molar-refractivity contribution is 7.99. The summed E-state index contributed by atoms with van der Waals surface area (Å²) in [5.74, 6) is 3.18. The zero-order valence-electron chi connectivity index (χ0n) is 11.5. The molecular weight excluding hydrogens is 278 g/mol. The molecule has 19 heavy (non-hydrogen) atoms. The van der Waals surface area contributed by atoms with Crippen molar-refractivity contribution in [1.82, 2.24) is 5.32 Å². The van der Waals surface area contributed by atoms with Crippen LogP contribution in [0, 0.1) is 0 Å². The van der Waals surface area contributed by atoms with E-state index in [-0.39, 0.29) is 0 Å². The number of rotatable bonds is 9. The molecule has 1 aliphatic rings. The van der Waals surface area contributed by atoms with Crippen molar-refractivity contribution in [3.8, 4) is 5.75 Å². The van der Waals surface area contributed by atoms with Crippen molar-refractivity contribution in [2.24, 2.45) is 0 Å². The second-order valence-corrected chi connectivity index (χ2v) is 6.58. The van der Waals surface area contributed by atoms with Crippen LogP contribution in [0.2, 0.25) is 5.02 Å². The Kier molecular flexibility index (Phi) is 6.35. The average Bonchev–Trinajstić information content (AvgIpc) is 3.22. The van der Waals surface area contributed by atoms with Crippen molar-refractivity contribution in [2.45, 2.75) is 38.8 Å². The molecule has 1 fully saturated rings. The Hall–Kier alpha value is -0.380. The number of halogens is 1. The summed E-state index contributed by atoms with van der Waals surface area (Å²) in [5, 5.41) is 4.23. The van der Waals surface area contributed by atoms with Gasteiger partial charge in [-0.2, -0.15) is 11.8 Å². The molecule has 1 aliphatic carbocycles. The van der Waals surface area contributed by atoms with Crippen LogP contribution in [0.15, 0.2) is 18.2 Å². The van der Waals surface area contributed by atoms with E-state index in [1.54, 1.807) is 0 Å². The van der Waals surface area contributed by atoms with Crippen LogP contribution in [0.1, 0.15) is 31.7 Å². The van der Waals surface area contributed by atoms with Crippen LogP contribution in [0.3, 0.4) is 0 Å². The molecule has 1 N–H and O–H groups in total. The predicted molar refractivity (Wildman–Crippen MR) is 84.4 cm³/mol. The van der Waals surface area contributed by atoms with E-state index < -0.39 is 0 Å². The first kappa shape index (κ1) is 15.0. The third-order valence-electron chi connectivity index (χ3n) is 3.09. The summed E-state index contributed by atoms with van der Waals surface area (Å²) in [4.78, 5) is 0. The molecule has 0 unspecified atom stereocenters. The number of hydrogen-bond donors (Lipinski definition) is 1. The number of benzene rings is 1. The third-order valence-corrected chi connectivity index (χ3v) is 4.37. The van der Waals surface area contributed by atoms with Crippen molar-refractivity contribution >= 4 is 23.4 Å². The molecule has 4 heteroatoms.